The fourth-order valence-corrected chi connectivity index (χ4v) is 5.97. The average molecular weight is 516 g/mol. The summed E-state index contributed by atoms with van der Waals surface area (Å²) in [4.78, 5) is 33.1. The van der Waals surface area contributed by atoms with Gasteiger partial charge in [-0.15, -0.1) is 0 Å². The van der Waals surface area contributed by atoms with Crippen molar-refractivity contribution in [2.24, 2.45) is 17.6 Å². The van der Waals surface area contributed by atoms with E-state index in [1.165, 1.54) is 6.07 Å². The fourth-order valence-electron chi connectivity index (χ4n) is 5.97. The molecule has 1 amide bonds. The molecule has 0 aromatic heterocycles. The number of hydrogen-bond acceptors (Lipinski definition) is 10. The summed E-state index contributed by atoms with van der Waals surface area (Å²) in [6.45, 7) is 4.76. The normalized spacial score (nSPS) is 27.3. The number of ketones is 1. The lowest BCUT2D eigenvalue weighted by molar-refractivity contribution is -0.143. The number of fused-ring (bicyclic) bond motifs is 3. The molecule has 0 saturated heterocycles. The Bertz CT molecular complexity index is 1220. The number of aliphatic hydroxyl groups is 3. The number of amides is 1. The molecule has 4 atom stereocenters. The summed E-state index contributed by atoms with van der Waals surface area (Å²) in [6.07, 6.45) is 0.474. The van der Waals surface area contributed by atoms with Crippen molar-refractivity contribution < 1.29 is 39.6 Å². The molecule has 11 heteroatoms. The third-order valence-corrected chi connectivity index (χ3v) is 7.64. The van der Waals surface area contributed by atoms with Gasteiger partial charge in [-0.25, -0.2) is 0 Å². The van der Waals surface area contributed by atoms with E-state index in [1.54, 1.807) is 32.2 Å². The van der Waals surface area contributed by atoms with E-state index in [9.17, 15) is 30.0 Å². The molecule has 0 heterocycles. The maximum absolute atomic E-state index is 13.9. The van der Waals surface area contributed by atoms with E-state index in [0.29, 0.717) is 18.8 Å². The third kappa shape index (κ3) is 4.12. The van der Waals surface area contributed by atoms with Gasteiger partial charge in [0.15, 0.2) is 11.4 Å². The highest BCUT2D eigenvalue weighted by atomic mass is 16.7. The molecule has 4 rings (SSSR count). The number of nitrogens with one attached hydrogen (secondary N) is 1. The zero-order valence-electron chi connectivity index (χ0n) is 21.1. The standard InChI is InChI=1S/C26H33N3O8/c1-12-18(25(27)34)23(32)21(29(2)3)16-10-14-9-15-13(11-28-37-8-7-36-4)5-6-17(30)20(15)22(31)19(14)24(33)26(12,16)35/h5-6,14,16,21,28,30-32,35H,1,7-11H2,2-4H3,(H2,27,34)/t14-,16-,21-,26-/m0/s1. The number of nitrogens with two attached hydrogens (primary N) is 1. The van der Waals surface area contributed by atoms with Gasteiger partial charge >= 0.3 is 0 Å². The Labute approximate surface area is 214 Å². The molecule has 0 aliphatic heterocycles. The average Bonchev–Trinajstić information content (AvgIpc) is 2.82. The number of phenolic OH excluding ortho intramolecular Hbond substituents is 1. The minimum atomic E-state index is -2.28. The van der Waals surface area contributed by atoms with Crippen molar-refractivity contribution >= 4 is 17.4 Å². The summed E-state index contributed by atoms with van der Waals surface area (Å²) < 4.78 is 4.95. The monoisotopic (exact) mass is 515 g/mol. The number of primary amides is 1. The Morgan fingerprint density at radius 2 is 1.97 bits per heavy atom. The van der Waals surface area contributed by atoms with E-state index in [4.69, 9.17) is 15.3 Å². The molecule has 1 aromatic rings. The van der Waals surface area contributed by atoms with E-state index >= 15 is 0 Å². The number of phenols is 1. The molecular weight excluding hydrogens is 482 g/mol. The van der Waals surface area contributed by atoms with E-state index in [-0.39, 0.29) is 47.6 Å². The number of rotatable bonds is 8. The van der Waals surface area contributed by atoms with Gasteiger partial charge in [0.25, 0.3) is 5.91 Å². The number of likely N-dealkylation sites (N-methyl/N-ethyl adjacent to an activating group) is 1. The summed E-state index contributed by atoms with van der Waals surface area (Å²) in [5.41, 5.74) is 6.79. The Hall–Kier alpha value is -3.22. The minimum absolute atomic E-state index is 0.0492. The van der Waals surface area contributed by atoms with Crippen LogP contribution in [0, 0.1) is 11.8 Å². The summed E-state index contributed by atoms with van der Waals surface area (Å²) >= 11 is 0. The second-order valence-corrected chi connectivity index (χ2v) is 9.87. The summed E-state index contributed by atoms with van der Waals surface area (Å²) in [7, 11) is 4.87. The van der Waals surface area contributed by atoms with Crippen LogP contribution in [0.5, 0.6) is 5.75 Å². The van der Waals surface area contributed by atoms with Crippen LogP contribution in [-0.4, -0.2) is 83.1 Å². The molecule has 1 saturated carbocycles. The number of Topliss-reactive ketones (excluding diaryl/α,β-unsaturated/α-hetero) is 1. The lowest BCUT2D eigenvalue weighted by Crippen LogP contribution is -2.63. The molecule has 1 aromatic carbocycles. The first-order valence-corrected chi connectivity index (χ1v) is 11.9. The van der Waals surface area contributed by atoms with Gasteiger partial charge in [0, 0.05) is 30.7 Å². The Balaban J connectivity index is 1.80. The van der Waals surface area contributed by atoms with E-state index in [2.05, 4.69) is 12.1 Å². The van der Waals surface area contributed by atoms with Crippen molar-refractivity contribution in [2.45, 2.75) is 31.0 Å². The van der Waals surface area contributed by atoms with Crippen molar-refractivity contribution in [1.29, 1.82) is 0 Å². The predicted octanol–water partition coefficient (Wildman–Crippen LogP) is 0.619. The summed E-state index contributed by atoms with van der Waals surface area (Å²) in [5, 5.41) is 44.7. The number of nitrogens with zero attached hydrogens (tertiary/aromatic N) is 1. The number of aliphatic hydroxyl groups excluding tert-OH is 2. The molecule has 3 aliphatic carbocycles. The number of hydrogen-bond donors (Lipinski definition) is 6. The van der Waals surface area contributed by atoms with Gasteiger partial charge in [0.2, 0.25) is 0 Å². The molecule has 7 N–H and O–H groups in total. The van der Waals surface area contributed by atoms with Crippen molar-refractivity contribution in [3.8, 4) is 5.75 Å². The topological polar surface area (TPSA) is 175 Å². The highest BCUT2D eigenvalue weighted by Gasteiger charge is 2.62. The second-order valence-electron chi connectivity index (χ2n) is 9.87. The smallest absolute Gasteiger partial charge is 0.252 e. The molecule has 11 nitrogen and oxygen atoms in total. The van der Waals surface area contributed by atoms with Crippen molar-refractivity contribution in [3.63, 3.8) is 0 Å². The predicted molar refractivity (Wildman–Crippen MR) is 133 cm³/mol. The van der Waals surface area contributed by atoms with Gasteiger partial charge < -0.3 is 30.9 Å². The van der Waals surface area contributed by atoms with E-state index < -0.39 is 46.5 Å². The van der Waals surface area contributed by atoms with Crippen molar-refractivity contribution in [1.82, 2.24) is 10.4 Å². The molecule has 200 valence electrons. The Kier molecular flexibility index (Phi) is 7.19. The van der Waals surface area contributed by atoms with E-state index in [1.807, 2.05) is 0 Å². The molecule has 0 radical (unpaired) electrons. The Morgan fingerprint density at radius 3 is 2.59 bits per heavy atom. The highest BCUT2D eigenvalue weighted by Crippen LogP contribution is 2.54. The fraction of sp³-hybridized carbons (Fsp3) is 0.462. The first-order valence-electron chi connectivity index (χ1n) is 11.9. The first kappa shape index (κ1) is 26.8. The molecule has 0 unspecified atom stereocenters. The van der Waals surface area contributed by atoms with Crippen LogP contribution in [0.25, 0.3) is 5.76 Å². The van der Waals surface area contributed by atoms with Crippen molar-refractivity contribution in [2.75, 3.05) is 34.4 Å². The van der Waals surface area contributed by atoms with Crippen molar-refractivity contribution in [3.05, 3.63) is 57.9 Å². The zero-order valence-corrected chi connectivity index (χ0v) is 21.1. The van der Waals surface area contributed by atoms with E-state index in [0.717, 1.165) is 5.56 Å². The summed E-state index contributed by atoms with van der Waals surface area (Å²) in [5.74, 6) is -4.25. The molecule has 1 fully saturated rings. The number of benzene rings is 1. The SMILES string of the molecule is C=C1C(C(N)=O)=C(O)[C@@H](N(C)C)[C@@H]2C[C@@H]3Cc4c(CNOCCOC)ccc(O)c4C(O)=C3C(=O)[C@]12O. The highest BCUT2D eigenvalue weighted by molar-refractivity contribution is 6.13. The van der Waals surface area contributed by atoms with Crippen LogP contribution in [0.4, 0.5) is 0 Å². The largest absolute Gasteiger partial charge is 0.510 e. The van der Waals surface area contributed by atoms with Gasteiger partial charge in [0.1, 0.15) is 17.3 Å². The first-order chi connectivity index (χ1) is 17.5. The van der Waals surface area contributed by atoms with Gasteiger partial charge in [-0.2, -0.15) is 5.48 Å². The molecule has 0 bridgehead atoms. The quantitative estimate of drug-likeness (QED) is 0.213. The molecule has 0 spiro atoms. The number of methoxy groups -OCH3 is 1. The number of hydroxylamine groups is 1. The maximum Gasteiger partial charge on any atom is 0.252 e. The van der Waals surface area contributed by atoms with Gasteiger partial charge in [-0.1, -0.05) is 12.6 Å². The van der Waals surface area contributed by atoms with Crippen LogP contribution >= 0.6 is 0 Å². The maximum atomic E-state index is 13.9. The lowest BCUT2D eigenvalue weighted by atomic mass is 9.56. The number of aromatic hydroxyl groups is 1. The summed E-state index contributed by atoms with van der Waals surface area (Å²) in [6, 6.07) is 2.23. The van der Waals surface area contributed by atoms with Gasteiger partial charge in [-0.05, 0) is 50.0 Å². The second kappa shape index (κ2) is 9.92. The van der Waals surface area contributed by atoms with Crippen LogP contribution in [0.3, 0.4) is 0 Å². The van der Waals surface area contributed by atoms with Gasteiger partial charge in [0.05, 0.1) is 30.4 Å². The minimum Gasteiger partial charge on any atom is -0.510 e. The molecular formula is C26H33N3O8. The lowest BCUT2D eigenvalue weighted by Gasteiger charge is -2.52. The van der Waals surface area contributed by atoms with Crippen LogP contribution in [0.2, 0.25) is 0 Å². The molecule has 37 heavy (non-hydrogen) atoms. The Morgan fingerprint density at radius 1 is 1.27 bits per heavy atom. The number of ether oxygens (including phenoxy) is 1. The van der Waals surface area contributed by atoms with Gasteiger partial charge in [-0.3, -0.25) is 19.3 Å². The number of carbonyl (C=O) groups excluding carboxylic acids is 2. The van der Waals surface area contributed by atoms with Crippen LogP contribution in [-0.2, 0) is 32.1 Å². The van der Waals surface area contributed by atoms with Crippen LogP contribution in [0.1, 0.15) is 23.1 Å². The third-order valence-electron chi connectivity index (χ3n) is 7.64. The molecule has 3 aliphatic rings. The zero-order chi connectivity index (χ0) is 27.2. The van der Waals surface area contributed by atoms with Crippen LogP contribution in [0.15, 0.2) is 41.2 Å². The van der Waals surface area contributed by atoms with Crippen LogP contribution < -0.4 is 11.2 Å². The number of carbonyl (C=O) groups is 2.